The Bertz CT molecular complexity index is 834. The molecule has 0 radical (unpaired) electrons. The zero-order valence-corrected chi connectivity index (χ0v) is 13.1. The molecule has 0 N–H and O–H groups in total. The van der Waals surface area contributed by atoms with Gasteiger partial charge in [-0.15, -0.1) is 0 Å². The van der Waals surface area contributed by atoms with Crippen molar-refractivity contribution in [1.82, 2.24) is 0 Å². The lowest BCUT2D eigenvalue weighted by atomic mass is 10.2. The second-order valence-electron chi connectivity index (χ2n) is 4.63. The molecule has 0 saturated heterocycles. The van der Waals surface area contributed by atoms with Crippen LogP contribution < -0.4 is 0 Å². The molecular formula is C15H13NO7S. The number of rotatable bonds is 6. The number of ether oxygens (including phenoxy) is 1. The van der Waals surface area contributed by atoms with Crippen LogP contribution in [0.5, 0.6) is 0 Å². The molecule has 9 heteroatoms. The minimum Gasteiger partial charge on any atom is -0.448 e. The summed E-state index contributed by atoms with van der Waals surface area (Å²) in [5, 5.41) is 9.30. The standard InChI is InChI=1S/C15H13NO7S/c17-15(22-10-12-6-2-1-3-7-12)24(20,21)23-11-13-8-4-5-9-14(13)16(18)19/h1-9H,10-11H2. The zero-order valence-electron chi connectivity index (χ0n) is 12.3. The lowest BCUT2D eigenvalue weighted by molar-refractivity contribution is -0.385. The maximum absolute atomic E-state index is 11.7. The van der Waals surface area contributed by atoms with Gasteiger partial charge < -0.3 is 4.74 Å². The van der Waals surface area contributed by atoms with Gasteiger partial charge in [0.15, 0.2) is 0 Å². The van der Waals surface area contributed by atoms with E-state index in [0.29, 0.717) is 5.56 Å². The van der Waals surface area contributed by atoms with E-state index in [1.807, 2.05) is 0 Å². The first-order chi connectivity index (χ1) is 11.4. The Morgan fingerprint density at radius 1 is 1.00 bits per heavy atom. The molecule has 0 fully saturated rings. The summed E-state index contributed by atoms with van der Waals surface area (Å²) in [5.41, 5.74) is 0.340. The Balaban J connectivity index is 1.98. The number of hydrogen-bond acceptors (Lipinski definition) is 7. The van der Waals surface area contributed by atoms with Crippen LogP contribution in [0.1, 0.15) is 11.1 Å². The van der Waals surface area contributed by atoms with Gasteiger partial charge in [0.05, 0.1) is 17.1 Å². The van der Waals surface area contributed by atoms with Crippen LogP contribution in [0.3, 0.4) is 0 Å². The number of nitro benzene ring substituents is 1. The molecule has 0 aliphatic rings. The molecule has 24 heavy (non-hydrogen) atoms. The van der Waals surface area contributed by atoms with Crippen LogP contribution in [-0.2, 0) is 32.3 Å². The van der Waals surface area contributed by atoms with Crippen LogP contribution in [0.4, 0.5) is 10.5 Å². The molecule has 0 heterocycles. The molecule has 0 saturated carbocycles. The van der Waals surface area contributed by atoms with Gasteiger partial charge in [-0.2, -0.15) is 8.42 Å². The van der Waals surface area contributed by atoms with Crippen molar-refractivity contribution < 1.29 is 27.1 Å². The fourth-order valence-electron chi connectivity index (χ4n) is 1.79. The third-order valence-corrected chi connectivity index (χ3v) is 3.92. The number of nitrogens with zero attached hydrogens (tertiary/aromatic N) is 1. The monoisotopic (exact) mass is 351 g/mol. The number of benzene rings is 2. The van der Waals surface area contributed by atoms with Crippen molar-refractivity contribution in [3.05, 3.63) is 75.8 Å². The van der Waals surface area contributed by atoms with Gasteiger partial charge in [-0.1, -0.05) is 42.5 Å². The summed E-state index contributed by atoms with van der Waals surface area (Å²) in [5.74, 6) is 0. The maximum Gasteiger partial charge on any atom is 0.452 e. The Labute approximate surface area is 137 Å². The Morgan fingerprint density at radius 2 is 1.62 bits per heavy atom. The number of nitro groups is 1. The third kappa shape index (κ3) is 4.61. The van der Waals surface area contributed by atoms with Gasteiger partial charge in [-0.05, 0) is 11.6 Å². The fourth-order valence-corrected chi connectivity index (χ4v) is 2.37. The van der Waals surface area contributed by atoms with Crippen molar-refractivity contribution in [2.45, 2.75) is 13.2 Å². The lowest BCUT2D eigenvalue weighted by Crippen LogP contribution is -2.19. The molecule has 8 nitrogen and oxygen atoms in total. The summed E-state index contributed by atoms with van der Waals surface area (Å²) in [6.07, 6.45) is 0. The number of carbonyl (C=O) groups excluding carboxylic acids is 1. The molecule has 0 aliphatic heterocycles. The van der Waals surface area contributed by atoms with Gasteiger partial charge in [-0.3, -0.25) is 14.3 Å². The highest BCUT2D eigenvalue weighted by Gasteiger charge is 2.27. The summed E-state index contributed by atoms with van der Waals surface area (Å²) >= 11 is 0. The number of hydrogen-bond donors (Lipinski definition) is 0. The van der Waals surface area contributed by atoms with Crippen LogP contribution in [0, 0.1) is 10.1 Å². The largest absolute Gasteiger partial charge is 0.452 e. The molecule has 2 rings (SSSR count). The number of carbonyl (C=O) groups is 1. The van der Waals surface area contributed by atoms with E-state index in [9.17, 15) is 23.3 Å². The molecule has 0 spiro atoms. The van der Waals surface area contributed by atoms with Crippen molar-refractivity contribution in [3.8, 4) is 0 Å². The van der Waals surface area contributed by atoms with E-state index in [4.69, 9.17) is 0 Å². The highest BCUT2D eigenvalue weighted by Crippen LogP contribution is 2.19. The fraction of sp³-hybridized carbons (Fsp3) is 0.133. The quantitative estimate of drug-likeness (QED) is 0.340. The van der Waals surface area contributed by atoms with Crippen LogP contribution in [-0.4, -0.2) is 18.6 Å². The SMILES string of the molecule is O=C(OCc1ccccc1)S(=O)(=O)OCc1ccccc1[N+](=O)[O-]. The van der Waals surface area contributed by atoms with Crippen LogP contribution in [0.15, 0.2) is 54.6 Å². The van der Waals surface area contributed by atoms with Gasteiger partial charge in [0.1, 0.15) is 6.61 Å². The van der Waals surface area contributed by atoms with E-state index in [1.54, 1.807) is 30.3 Å². The Hall–Kier alpha value is -2.78. The topological polar surface area (TPSA) is 113 Å². The summed E-state index contributed by atoms with van der Waals surface area (Å²) in [7, 11) is -4.65. The summed E-state index contributed by atoms with van der Waals surface area (Å²) in [6.45, 7) is -0.867. The number of para-hydroxylation sites is 1. The minimum atomic E-state index is -4.65. The molecule has 0 atom stereocenters. The first-order valence-corrected chi connectivity index (χ1v) is 8.13. The van der Waals surface area contributed by atoms with Crippen molar-refractivity contribution >= 4 is 21.1 Å². The molecule has 0 aromatic heterocycles. The van der Waals surface area contributed by atoms with Crippen molar-refractivity contribution in [3.63, 3.8) is 0 Å². The predicted molar refractivity (Wildman–Crippen MR) is 83.4 cm³/mol. The highest BCUT2D eigenvalue weighted by molar-refractivity contribution is 8.01. The van der Waals surface area contributed by atoms with Gasteiger partial charge in [-0.25, -0.2) is 4.79 Å². The van der Waals surface area contributed by atoms with Crippen LogP contribution >= 0.6 is 0 Å². The molecule has 126 valence electrons. The first-order valence-electron chi connectivity index (χ1n) is 6.72. The van der Waals surface area contributed by atoms with Crippen LogP contribution in [0.25, 0.3) is 0 Å². The maximum atomic E-state index is 11.7. The van der Waals surface area contributed by atoms with Gasteiger partial charge in [0, 0.05) is 6.07 Å². The summed E-state index contributed by atoms with van der Waals surface area (Å²) < 4.78 is 32.7. The average Bonchev–Trinajstić information content (AvgIpc) is 2.59. The summed E-state index contributed by atoms with van der Waals surface area (Å²) in [6, 6.07) is 14.0. The predicted octanol–water partition coefficient (Wildman–Crippen LogP) is 2.78. The van der Waals surface area contributed by atoms with Crippen LogP contribution in [0.2, 0.25) is 0 Å². The second-order valence-corrected chi connectivity index (χ2v) is 6.10. The third-order valence-electron chi connectivity index (χ3n) is 2.96. The van der Waals surface area contributed by atoms with Gasteiger partial charge in [0.25, 0.3) is 5.69 Å². The van der Waals surface area contributed by atoms with E-state index >= 15 is 0 Å². The molecule has 0 amide bonds. The van der Waals surface area contributed by atoms with E-state index in [2.05, 4.69) is 8.92 Å². The van der Waals surface area contributed by atoms with Gasteiger partial charge >= 0.3 is 15.4 Å². The highest BCUT2D eigenvalue weighted by atomic mass is 32.2. The molecular weight excluding hydrogens is 338 g/mol. The van der Waals surface area contributed by atoms with Crippen molar-refractivity contribution in [2.24, 2.45) is 0 Å². The molecule has 2 aromatic carbocycles. The first kappa shape index (κ1) is 17.6. The normalized spacial score (nSPS) is 11.0. The molecule has 0 bridgehead atoms. The average molecular weight is 351 g/mol. The lowest BCUT2D eigenvalue weighted by Gasteiger charge is -2.07. The molecule has 0 unspecified atom stereocenters. The van der Waals surface area contributed by atoms with E-state index in [1.165, 1.54) is 24.3 Å². The zero-order chi connectivity index (χ0) is 17.6. The van der Waals surface area contributed by atoms with E-state index in [0.717, 1.165) is 0 Å². The van der Waals surface area contributed by atoms with Crippen molar-refractivity contribution in [2.75, 3.05) is 0 Å². The Kier molecular flexibility index (Phi) is 5.61. The van der Waals surface area contributed by atoms with E-state index in [-0.39, 0.29) is 17.9 Å². The summed E-state index contributed by atoms with van der Waals surface area (Å²) in [4.78, 5) is 21.8. The smallest absolute Gasteiger partial charge is 0.448 e. The minimum absolute atomic E-state index is 0.0296. The van der Waals surface area contributed by atoms with Crippen molar-refractivity contribution in [1.29, 1.82) is 0 Å². The molecule has 2 aromatic rings. The van der Waals surface area contributed by atoms with E-state index < -0.39 is 26.9 Å². The Morgan fingerprint density at radius 3 is 2.29 bits per heavy atom. The second kappa shape index (κ2) is 7.66. The van der Waals surface area contributed by atoms with Gasteiger partial charge in [0.2, 0.25) is 0 Å². The molecule has 0 aliphatic carbocycles.